The molecule has 2 aromatic rings. The number of allylic oxidation sites excluding steroid dienone is 5. The second-order valence-corrected chi connectivity index (χ2v) is 7.90. The molecule has 1 N–H and O–H groups in total. The van der Waals surface area contributed by atoms with Gasteiger partial charge >= 0.3 is 0 Å². The minimum atomic E-state index is -0.507. The third kappa shape index (κ3) is 5.33. The highest BCUT2D eigenvalue weighted by atomic mass is 35.5. The van der Waals surface area contributed by atoms with Crippen molar-refractivity contribution in [2.75, 3.05) is 11.9 Å². The number of phenols is 1. The summed E-state index contributed by atoms with van der Waals surface area (Å²) in [5, 5.41) is 10.3. The molecule has 1 heterocycles. The van der Waals surface area contributed by atoms with E-state index in [4.69, 9.17) is 16.6 Å². The van der Waals surface area contributed by atoms with Crippen molar-refractivity contribution in [3.63, 3.8) is 0 Å². The molecule has 2 aromatic carbocycles. The number of rotatable bonds is 7. The van der Waals surface area contributed by atoms with Crippen LogP contribution in [0.1, 0.15) is 37.3 Å². The summed E-state index contributed by atoms with van der Waals surface area (Å²) in [4.78, 5) is 19.8. The Morgan fingerprint density at radius 1 is 1.26 bits per heavy atom. The van der Waals surface area contributed by atoms with E-state index in [0.717, 1.165) is 35.2 Å². The van der Waals surface area contributed by atoms with E-state index in [1.807, 2.05) is 43.4 Å². The van der Waals surface area contributed by atoms with Gasteiger partial charge in [0.05, 0.1) is 11.4 Å². The highest BCUT2D eigenvalue weighted by Gasteiger charge is 2.29. The third-order valence-electron chi connectivity index (χ3n) is 5.32. The van der Waals surface area contributed by atoms with Gasteiger partial charge in [-0.1, -0.05) is 42.5 Å². The first-order valence-corrected chi connectivity index (χ1v) is 10.7. The lowest BCUT2D eigenvalue weighted by atomic mass is 10.00. The molecule has 5 heteroatoms. The van der Waals surface area contributed by atoms with E-state index >= 15 is 0 Å². The van der Waals surface area contributed by atoms with Crippen LogP contribution < -0.4 is 4.90 Å². The zero-order valence-corrected chi connectivity index (χ0v) is 18.6. The Labute approximate surface area is 188 Å². The van der Waals surface area contributed by atoms with Gasteiger partial charge in [-0.15, -0.1) is 0 Å². The fourth-order valence-corrected chi connectivity index (χ4v) is 3.80. The summed E-state index contributed by atoms with van der Waals surface area (Å²) < 4.78 is 0. The maximum absolute atomic E-state index is 13.2. The molecular formula is C26H27ClN2O2. The molecule has 3 rings (SSSR count). The lowest BCUT2D eigenvalue weighted by Crippen LogP contribution is -2.34. The van der Waals surface area contributed by atoms with Crippen LogP contribution >= 0.6 is 11.6 Å². The maximum atomic E-state index is 13.2. The van der Waals surface area contributed by atoms with E-state index in [2.05, 4.69) is 6.58 Å². The van der Waals surface area contributed by atoms with Gasteiger partial charge in [0, 0.05) is 23.2 Å². The minimum absolute atomic E-state index is 0.0464. The summed E-state index contributed by atoms with van der Waals surface area (Å²) in [7, 11) is 1.78. The van der Waals surface area contributed by atoms with Crippen molar-refractivity contribution < 1.29 is 9.90 Å². The van der Waals surface area contributed by atoms with Gasteiger partial charge in [-0.3, -0.25) is 9.79 Å². The molecule has 1 amide bonds. The van der Waals surface area contributed by atoms with Crippen LogP contribution in [0.2, 0.25) is 5.02 Å². The zero-order valence-electron chi connectivity index (χ0n) is 17.9. The Hall–Kier alpha value is -3.11. The highest BCUT2D eigenvalue weighted by molar-refractivity contribution is 6.32. The maximum Gasteiger partial charge on any atom is 0.251 e. The highest BCUT2D eigenvalue weighted by Crippen LogP contribution is 2.31. The van der Waals surface area contributed by atoms with Crippen LogP contribution in [0, 0.1) is 0 Å². The normalized spacial score (nSPS) is 16.8. The molecule has 0 aliphatic carbocycles. The number of likely N-dealkylation sites (N-methyl/N-ethyl adjacent to an activating group) is 1. The quantitative estimate of drug-likeness (QED) is 0.536. The van der Waals surface area contributed by atoms with E-state index in [1.165, 1.54) is 0 Å². The van der Waals surface area contributed by atoms with Crippen molar-refractivity contribution in [2.24, 2.45) is 4.99 Å². The number of halogens is 1. The average molecular weight is 435 g/mol. The van der Waals surface area contributed by atoms with Crippen molar-refractivity contribution in [2.45, 2.75) is 32.2 Å². The summed E-state index contributed by atoms with van der Waals surface area (Å²) in [6, 6.07) is 11.8. The molecule has 0 aromatic heterocycles. The van der Waals surface area contributed by atoms with Crippen LogP contribution in [0.5, 0.6) is 5.75 Å². The topological polar surface area (TPSA) is 52.9 Å². The molecule has 1 aliphatic heterocycles. The second-order valence-electron chi connectivity index (χ2n) is 7.46. The smallest absolute Gasteiger partial charge is 0.251 e. The Morgan fingerprint density at radius 2 is 2.00 bits per heavy atom. The Morgan fingerprint density at radius 3 is 2.68 bits per heavy atom. The molecular weight excluding hydrogens is 408 g/mol. The van der Waals surface area contributed by atoms with Gasteiger partial charge in [-0.05, 0) is 74.2 Å². The number of benzene rings is 2. The fraction of sp³-hybridized carbons (Fsp3) is 0.231. The molecule has 31 heavy (non-hydrogen) atoms. The largest absolute Gasteiger partial charge is 0.508 e. The molecule has 0 saturated carbocycles. The lowest BCUT2D eigenvalue weighted by Gasteiger charge is -2.20. The molecule has 1 unspecified atom stereocenters. The first-order valence-electron chi connectivity index (χ1n) is 10.3. The molecule has 4 nitrogen and oxygen atoms in total. The van der Waals surface area contributed by atoms with Crippen LogP contribution in [0.3, 0.4) is 0 Å². The molecule has 160 valence electrons. The van der Waals surface area contributed by atoms with E-state index in [9.17, 15) is 9.90 Å². The number of benzodiazepines with no additional fused rings is 1. The Balaban J connectivity index is 1.97. The predicted molar refractivity (Wildman–Crippen MR) is 129 cm³/mol. The van der Waals surface area contributed by atoms with Crippen LogP contribution in [-0.2, 0) is 4.79 Å². The van der Waals surface area contributed by atoms with Crippen molar-refractivity contribution in [1.29, 1.82) is 0 Å². The van der Waals surface area contributed by atoms with Crippen LogP contribution in [-0.4, -0.2) is 29.8 Å². The summed E-state index contributed by atoms with van der Waals surface area (Å²) in [5.74, 6) is 0.133. The van der Waals surface area contributed by atoms with Gasteiger partial charge in [0.25, 0.3) is 5.91 Å². The average Bonchev–Trinajstić information content (AvgIpc) is 2.87. The van der Waals surface area contributed by atoms with Gasteiger partial charge in [-0.2, -0.15) is 0 Å². The predicted octanol–water partition coefficient (Wildman–Crippen LogP) is 6.09. The van der Waals surface area contributed by atoms with Crippen LogP contribution in [0.4, 0.5) is 5.69 Å². The first kappa shape index (κ1) is 22.6. The van der Waals surface area contributed by atoms with Gasteiger partial charge in [0.1, 0.15) is 11.8 Å². The number of phenolic OH excluding ortho intramolecular Hbond substituents is 1. The molecule has 0 spiro atoms. The lowest BCUT2D eigenvalue weighted by molar-refractivity contribution is -0.119. The van der Waals surface area contributed by atoms with Crippen molar-refractivity contribution >= 4 is 28.9 Å². The van der Waals surface area contributed by atoms with Crippen molar-refractivity contribution in [3.8, 4) is 5.75 Å². The molecule has 0 saturated heterocycles. The van der Waals surface area contributed by atoms with E-state index in [1.54, 1.807) is 42.3 Å². The van der Waals surface area contributed by atoms with Crippen LogP contribution in [0.15, 0.2) is 83.9 Å². The Bertz CT molecular complexity index is 1050. The zero-order chi connectivity index (χ0) is 22.4. The number of amides is 1. The SMILES string of the molecule is C=C/C(=C\C=C/C)CCCC1N=C(c2ccc(O)cc2)c2cc(Cl)ccc2N(C)C1=O. The summed E-state index contributed by atoms with van der Waals surface area (Å²) in [6.07, 6.45) is 10.1. The number of aromatic hydroxyl groups is 1. The van der Waals surface area contributed by atoms with Crippen LogP contribution in [0.25, 0.3) is 0 Å². The number of nitrogens with zero attached hydrogens (tertiary/aromatic N) is 2. The number of hydrogen-bond donors (Lipinski definition) is 1. The molecule has 0 radical (unpaired) electrons. The van der Waals surface area contributed by atoms with E-state index in [-0.39, 0.29) is 11.7 Å². The third-order valence-corrected chi connectivity index (χ3v) is 5.56. The number of carbonyl (C=O) groups excluding carboxylic acids is 1. The number of anilines is 1. The Kier molecular flexibility index (Phi) is 7.48. The summed E-state index contributed by atoms with van der Waals surface area (Å²) in [6.45, 7) is 5.85. The van der Waals surface area contributed by atoms with Crippen molar-refractivity contribution in [3.05, 3.63) is 95.1 Å². The monoisotopic (exact) mass is 434 g/mol. The second kappa shape index (κ2) is 10.3. The van der Waals surface area contributed by atoms with E-state index in [0.29, 0.717) is 17.2 Å². The molecule has 0 bridgehead atoms. The number of carbonyl (C=O) groups is 1. The molecule has 1 aliphatic rings. The number of hydrogen-bond acceptors (Lipinski definition) is 3. The summed E-state index contributed by atoms with van der Waals surface area (Å²) >= 11 is 6.28. The number of fused-ring (bicyclic) bond motifs is 1. The molecule has 0 fully saturated rings. The fourth-order valence-electron chi connectivity index (χ4n) is 3.62. The van der Waals surface area contributed by atoms with Gasteiger partial charge < -0.3 is 10.0 Å². The van der Waals surface area contributed by atoms with E-state index < -0.39 is 6.04 Å². The standard InChI is InChI=1S/C26H27ClN2O2/c1-4-6-8-18(5-2)9-7-10-23-26(31)29(3)24-16-13-20(27)17-22(24)25(28-23)19-11-14-21(30)15-12-19/h4-6,8,11-17,23,30H,2,7,9-10H2,1,3H3/b6-4-,18-8+. The van der Waals surface area contributed by atoms with Gasteiger partial charge in [0.15, 0.2) is 0 Å². The first-order chi connectivity index (χ1) is 14.9. The van der Waals surface area contributed by atoms with Gasteiger partial charge in [-0.25, -0.2) is 0 Å². The summed E-state index contributed by atoms with van der Waals surface area (Å²) in [5.41, 5.74) is 4.23. The van der Waals surface area contributed by atoms with Gasteiger partial charge in [0.2, 0.25) is 0 Å². The molecule has 1 atom stereocenters. The van der Waals surface area contributed by atoms with Crippen molar-refractivity contribution in [1.82, 2.24) is 0 Å². The minimum Gasteiger partial charge on any atom is -0.508 e. The number of aliphatic imine (C=N–C) groups is 1.